The third-order valence-electron chi connectivity index (χ3n) is 9.28. The van der Waals surface area contributed by atoms with Crippen LogP contribution in [0.1, 0.15) is 78.1 Å². The van der Waals surface area contributed by atoms with Crippen LogP contribution >= 0.6 is 0 Å². The molecule has 0 heterocycles. The van der Waals surface area contributed by atoms with Gasteiger partial charge in [0, 0.05) is 43.4 Å². The second-order valence-electron chi connectivity index (χ2n) is 10.3. The van der Waals surface area contributed by atoms with Crippen LogP contribution in [0.4, 0.5) is 0 Å². The summed E-state index contributed by atoms with van der Waals surface area (Å²) in [6.07, 6.45) is 6.15. The molecule has 0 aliphatic heterocycles. The lowest BCUT2D eigenvalue weighted by molar-refractivity contribution is -0.165. The summed E-state index contributed by atoms with van der Waals surface area (Å²) in [4.78, 5) is 49.6. The Hall–Kier alpha value is -1.52. The first-order valence-electron chi connectivity index (χ1n) is 11.0. The number of ketones is 3. The van der Waals surface area contributed by atoms with Crippen molar-refractivity contribution in [1.82, 2.24) is 0 Å². The van der Waals surface area contributed by atoms with E-state index in [2.05, 4.69) is 13.8 Å². The van der Waals surface area contributed by atoms with E-state index in [0.717, 1.165) is 25.7 Å². The van der Waals surface area contributed by atoms with Crippen molar-refractivity contribution in [3.05, 3.63) is 0 Å². The molecule has 4 aliphatic rings. The van der Waals surface area contributed by atoms with Crippen molar-refractivity contribution in [2.45, 2.75) is 78.1 Å². The summed E-state index contributed by atoms with van der Waals surface area (Å²) < 4.78 is 0. The highest BCUT2D eigenvalue weighted by Crippen LogP contribution is 2.65. The molecule has 0 aromatic rings. The number of carbonyl (C=O) groups excluding carboxylic acids is 3. The summed E-state index contributed by atoms with van der Waals surface area (Å²) >= 11 is 0. The number of fused-ring (bicyclic) bond motifs is 5. The maximum Gasteiger partial charge on any atom is 0.303 e. The average Bonchev–Trinajstić information content (AvgIpc) is 2.95. The first-order valence-corrected chi connectivity index (χ1v) is 11.0. The van der Waals surface area contributed by atoms with E-state index in [1.54, 1.807) is 0 Å². The van der Waals surface area contributed by atoms with Crippen LogP contribution in [0, 0.1) is 40.4 Å². The molecule has 5 nitrogen and oxygen atoms in total. The van der Waals surface area contributed by atoms with Gasteiger partial charge in [0.15, 0.2) is 0 Å². The largest absolute Gasteiger partial charge is 0.481 e. The van der Waals surface area contributed by atoms with Crippen LogP contribution in [0.3, 0.4) is 0 Å². The van der Waals surface area contributed by atoms with Crippen molar-refractivity contribution in [3.8, 4) is 0 Å². The molecule has 0 bridgehead atoms. The molecule has 0 spiro atoms. The highest BCUT2D eigenvalue weighted by Gasteiger charge is 2.65. The minimum Gasteiger partial charge on any atom is -0.481 e. The molecule has 4 rings (SSSR count). The van der Waals surface area contributed by atoms with Gasteiger partial charge in [-0.2, -0.15) is 0 Å². The predicted octanol–water partition coefficient (Wildman–Crippen LogP) is 3.83. The molecule has 4 aliphatic carbocycles. The SMILES string of the molecule is C[C@]12C(=O)CC3[C@@H](C(=O)C[C@@H]4CC(=O)CC[C@]34C)C1CC[C@@H]2CCCC(=O)O. The summed E-state index contributed by atoms with van der Waals surface area (Å²) in [6, 6.07) is 0. The van der Waals surface area contributed by atoms with E-state index in [0.29, 0.717) is 32.1 Å². The second kappa shape index (κ2) is 6.77. The number of rotatable bonds is 4. The first kappa shape index (κ1) is 19.8. The lowest BCUT2D eigenvalue weighted by Gasteiger charge is -2.58. The van der Waals surface area contributed by atoms with E-state index >= 15 is 0 Å². The third kappa shape index (κ3) is 2.80. The van der Waals surface area contributed by atoms with E-state index in [4.69, 9.17) is 5.11 Å². The fraction of sp³-hybridized carbons (Fsp3) is 0.826. The van der Waals surface area contributed by atoms with Crippen LogP contribution < -0.4 is 0 Å². The Kier molecular flexibility index (Phi) is 4.79. The molecule has 4 fully saturated rings. The standard InChI is InChI=1S/C23H32O5/c1-22-9-8-15(24)10-14(22)11-18(25)21-16-7-6-13(4-3-5-20(27)28)23(16,2)19(26)12-17(21)22/h13-14,16-17,21H,3-12H2,1-2H3,(H,27,28)/t13-,14-,16?,17?,21-,22-,23+/m0/s1. The topological polar surface area (TPSA) is 88.5 Å². The molecule has 0 radical (unpaired) electrons. The summed E-state index contributed by atoms with van der Waals surface area (Å²) in [5.41, 5.74) is -0.562. The van der Waals surface area contributed by atoms with Crippen LogP contribution in [0.2, 0.25) is 0 Å². The number of carboxylic acids is 1. The van der Waals surface area contributed by atoms with Crippen LogP contribution in [-0.4, -0.2) is 28.4 Å². The molecule has 2 unspecified atom stereocenters. The van der Waals surface area contributed by atoms with Gasteiger partial charge in [0.25, 0.3) is 0 Å². The molecule has 4 saturated carbocycles. The zero-order valence-electron chi connectivity index (χ0n) is 17.0. The number of aliphatic carboxylic acids is 1. The van der Waals surface area contributed by atoms with Gasteiger partial charge in [-0.3, -0.25) is 19.2 Å². The molecule has 0 amide bonds. The van der Waals surface area contributed by atoms with Crippen LogP contribution in [0.25, 0.3) is 0 Å². The number of carboxylic acid groups (broad SMARTS) is 1. The highest BCUT2D eigenvalue weighted by molar-refractivity contribution is 5.93. The molecule has 7 atom stereocenters. The number of hydrogen-bond donors (Lipinski definition) is 1. The Morgan fingerprint density at radius 3 is 2.54 bits per heavy atom. The molecule has 0 saturated heterocycles. The smallest absolute Gasteiger partial charge is 0.303 e. The van der Waals surface area contributed by atoms with Crippen LogP contribution in [-0.2, 0) is 19.2 Å². The molecular formula is C23H32O5. The van der Waals surface area contributed by atoms with Gasteiger partial charge in [-0.05, 0) is 61.2 Å². The van der Waals surface area contributed by atoms with Crippen molar-refractivity contribution >= 4 is 23.3 Å². The molecule has 0 aromatic heterocycles. The highest BCUT2D eigenvalue weighted by atomic mass is 16.4. The minimum absolute atomic E-state index is 0.0541. The van der Waals surface area contributed by atoms with Gasteiger partial charge in [-0.25, -0.2) is 0 Å². The van der Waals surface area contributed by atoms with Crippen molar-refractivity contribution in [2.75, 3.05) is 0 Å². The Morgan fingerprint density at radius 2 is 1.82 bits per heavy atom. The average molecular weight is 389 g/mol. The molecule has 154 valence electrons. The second-order valence-corrected chi connectivity index (χ2v) is 10.3. The third-order valence-corrected chi connectivity index (χ3v) is 9.28. The Balaban J connectivity index is 1.60. The van der Waals surface area contributed by atoms with Crippen molar-refractivity contribution in [3.63, 3.8) is 0 Å². The summed E-state index contributed by atoms with van der Waals surface area (Å²) in [7, 11) is 0. The van der Waals surface area contributed by atoms with Crippen LogP contribution in [0.5, 0.6) is 0 Å². The minimum atomic E-state index is -0.789. The van der Waals surface area contributed by atoms with E-state index in [-0.39, 0.29) is 58.8 Å². The van der Waals surface area contributed by atoms with E-state index in [1.165, 1.54) is 0 Å². The van der Waals surface area contributed by atoms with Gasteiger partial charge in [-0.15, -0.1) is 0 Å². The normalized spacial score (nSPS) is 45.4. The number of Topliss-reactive ketones (excluding diaryl/α,β-unsaturated/α-hetero) is 3. The Labute approximate surface area is 166 Å². The van der Waals surface area contributed by atoms with Crippen LogP contribution in [0.15, 0.2) is 0 Å². The van der Waals surface area contributed by atoms with Gasteiger partial charge in [-0.1, -0.05) is 13.8 Å². The van der Waals surface area contributed by atoms with Crippen molar-refractivity contribution in [2.24, 2.45) is 40.4 Å². The maximum absolute atomic E-state index is 13.5. The maximum atomic E-state index is 13.5. The zero-order valence-corrected chi connectivity index (χ0v) is 17.0. The summed E-state index contributed by atoms with van der Waals surface area (Å²) in [5.74, 6) is 0.445. The lowest BCUT2D eigenvalue weighted by Crippen LogP contribution is -2.59. The van der Waals surface area contributed by atoms with Gasteiger partial charge >= 0.3 is 5.97 Å². The van der Waals surface area contributed by atoms with Gasteiger partial charge in [0.2, 0.25) is 0 Å². The van der Waals surface area contributed by atoms with E-state index in [9.17, 15) is 19.2 Å². The molecule has 28 heavy (non-hydrogen) atoms. The van der Waals surface area contributed by atoms with E-state index < -0.39 is 11.4 Å². The van der Waals surface area contributed by atoms with Gasteiger partial charge < -0.3 is 5.11 Å². The molecule has 0 aromatic carbocycles. The van der Waals surface area contributed by atoms with Gasteiger partial charge in [0.05, 0.1) is 0 Å². The lowest BCUT2D eigenvalue weighted by atomic mass is 9.44. The molecule has 1 N–H and O–H groups in total. The Bertz CT molecular complexity index is 727. The predicted molar refractivity (Wildman–Crippen MR) is 102 cm³/mol. The van der Waals surface area contributed by atoms with Crippen molar-refractivity contribution in [1.29, 1.82) is 0 Å². The van der Waals surface area contributed by atoms with E-state index in [1.807, 2.05) is 0 Å². The summed E-state index contributed by atoms with van der Waals surface area (Å²) in [6.45, 7) is 4.28. The van der Waals surface area contributed by atoms with Crippen molar-refractivity contribution < 1.29 is 24.3 Å². The molecule has 5 heteroatoms. The first-order chi connectivity index (χ1) is 13.2. The fourth-order valence-electron chi connectivity index (χ4n) is 7.53. The summed E-state index contributed by atoms with van der Waals surface area (Å²) in [5, 5.41) is 8.95. The number of carbonyl (C=O) groups is 4. The molecular weight excluding hydrogens is 356 g/mol. The Morgan fingerprint density at radius 1 is 1.07 bits per heavy atom. The van der Waals surface area contributed by atoms with Gasteiger partial charge in [0.1, 0.15) is 17.3 Å². The fourth-order valence-corrected chi connectivity index (χ4v) is 7.53. The quantitative estimate of drug-likeness (QED) is 0.791. The number of hydrogen-bond acceptors (Lipinski definition) is 4. The zero-order chi connectivity index (χ0) is 20.3. The monoisotopic (exact) mass is 388 g/mol.